The molecule has 2 aliphatic rings. The average molecular weight is 417 g/mol. The summed E-state index contributed by atoms with van der Waals surface area (Å²) in [6.45, 7) is 1.66. The van der Waals surface area contributed by atoms with Crippen LogP contribution in [0.3, 0.4) is 0 Å². The first-order chi connectivity index (χ1) is 15.0. The molecule has 5 rings (SSSR count). The van der Waals surface area contributed by atoms with E-state index in [4.69, 9.17) is 0 Å². The highest BCUT2D eigenvalue weighted by atomic mass is 16.2. The number of carbonyl (C=O) groups is 2. The number of hydrogen-bond donors (Lipinski definition) is 1. The maximum atomic E-state index is 13.5. The molecule has 6 nitrogen and oxygen atoms in total. The molecule has 1 saturated heterocycles. The topological polar surface area (TPSA) is 59.6 Å². The predicted octanol–water partition coefficient (Wildman–Crippen LogP) is 2.80. The van der Waals surface area contributed by atoms with Crippen molar-refractivity contribution < 1.29 is 9.59 Å². The van der Waals surface area contributed by atoms with Gasteiger partial charge in [-0.05, 0) is 44.3 Å². The molecular formula is C25H28N4O2. The normalized spacial score (nSPS) is 21.0. The SMILES string of the molecule is CN(C)CCCN1CC(=O)N2C(Cc3c([nH]c4ccccc34)C2c2ccccc2)C1=O. The van der Waals surface area contributed by atoms with E-state index in [1.165, 1.54) is 0 Å². The second-order valence-electron chi connectivity index (χ2n) is 8.81. The molecule has 6 heteroatoms. The lowest BCUT2D eigenvalue weighted by molar-refractivity contribution is -0.158. The van der Waals surface area contributed by atoms with E-state index < -0.39 is 6.04 Å². The van der Waals surface area contributed by atoms with Crippen LogP contribution in [0.2, 0.25) is 0 Å². The second kappa shape index (κ2) is 7.85. The summed E-state index contributed by atoms with van der Waals surface area (Å²) in [5.74, 6) is 0.0860. The highest BCUT2D eigenvalue weighted by Crippen LogP contribution is 2.42. The van der Waals surface area contributed by atoms with E-state index in [0.717, 1.165) is 40.7 Å². The zero-order valence-electron chi connectivity index (χ0n) is 18.0. The van der Waals surface area contributed by atoms with Crippen LogP contribution in [0.15, 0.2) is 54.6 Å². The summed E-state index contributed by atoms with van der Waals surface area (Å²) in [7, 11) is 4.05. The fraction of sp³-hybridized carbons (Fsp3) is 0.360. The lowest BCUT2D eigenvalue weighted by Crippen LogP contribution is -2.63. The van der Waals surface area contributed by atoms with Gasteiger partial charge in [-0.15, -0.1) is 0 Å². The van der Waals surface area contributed by atoms with Gasteiger partial charge in [0.25, 0.3) is 0 Å². The van der Waals surface area contributed by atoms with Gasteiger partial charge in [0.2, 0.25) is 11.8 Å². The van der Waals surface area contributed by atoms with Crippen molar-refractivity contribution >= 4 is 22.7 Å². The van der Waals surface area contributed by atoms with Crippen LogP contribution in [0, 0.1) is 0 Å². The maximum absolute atomic E-state index is 13.5. The van der Waals surface area contributed by atoms with E-state index in [1.807, 2.05) is 61.5 Å². The third-order valence-electron chi connectivity index (χ3n) is 6.49. The van der Waals surface area contributed by atoms with Crippen molar-refractivity contribution in [3.05, 3.63) is 71.4 Å². The standard InChI is InChI=1S/C25H28N4O2/c1-27(2)13-8-14-28-16-22(30)29-21(25(28)31)15-19-18-11-6-7-12-20(18)26-23(19)24(29)17-9-4-3-5-10-17/h3-7,9-12,21,24,26H,8,13-16H2,1-2H3. The van der Waals surface area contributed by atoms with Crippen molar-refractivity contribution in [2.24, 2.45) is 0 Å². The fourth-order valence-corrected chi connectivity index (χ4v) is 5.07. The Morgan fingerprint density at radius 2 is 1.77 bits per heavy atom. The molecule has 2 amide bonds. The van der Waals surface area contributed by atoms with Crippen molar-refractivity contribution in [1.82, 2.24) is 19.7 Å². The first-order valence-corrected chi connectivity index (χ1v) is 10.9. The quantitative estimate of drug-likeness (QED) is 0.696. The van der Waals surface area contributed by atoms with E-state index in [-0.39, 0.29) is 24.4 Å². The summed E-state index contributed by atoms with van der Waals surface area (Å²) >= 11 is 0. The van der Waals surface area contributed by atoms with E-state index in [9.17, 15) is 9.59 Å². The second-order valence-corrected chi connectivity index (χ2v) is 8.81. The zero-order valence-corrected chi connectivity index (χ0v) is 18.0. The number of para-hydroxylation sites is 1. The molecule has 1 fully saturated rings. The van der Waals surface area contributed by atoms with Crippen LogP contribution in [0.4, 0.5) is 0 Å². The summed E-state index contributed by atoms with van der Waals surface area (Å²) < 4.78 is 0. The molecule has 3 aromatic rings. The minimum Gasteiger partial charge on any atom is -0.356 e. The van der Waals surface area contributed by atoms with Crippen LogP contribution in [0.25, 0.3) is 10.9 Å². The van der Waals surface area contributed by atoms with Gasteiger partial charge in [-0.25, -0.2) is 0 Å². The van der Waals surface area contributed by atoms with Crippen LogP contribution < -0.4 is 0 Å². The first kappa shape index (κ1) is 19.8. The van der Waals surface area contributed by atoms with Gasteiger partial charge in [0.05, 0.1) is 12.6 Å². The van der Waals surface area contributed by atoms with Gasteiger partial charge >= 0.3 is 0 Å². The summed E-state index contributed by atoms with van der Waals surface area (Å²) in [4.78, 5) is 36.2. The summed E-state index contributed by atoms with van der Waals surface area (Å²) in [6, 6.07) is 17.5. The number of rotatable bonds is 5. The Hall–Kier alpha value is -3.12. The van der Waals surface area contributed by atoms with Crippen molar-refractivity contribution in [3.8, 4) is 0 Å². The summed E-state index contributed by atoms with van der Waals surface area (Å²) in [5.41, 5.74) is 4.27. The van der Waals surface area contributed by atoms with E-state index in [1.54, 1.807) is 4.90 Å². The zero-order chi connectivity index (χ0) is 21.5. The molecule has 1 N–H and O–H groups in total. The van der Waals surface area contributed by atoms with Gasteiger partial charge in [-0.1, -0.05) is 48.5 Å². The Balaban J connectivity index is 1.57. The van der Waals surface area contributed by atoms with Gasteiger partial charge < -0.3 is 19.7 Å². The molecule has 0 bridgehead atoms. The molecule has 2 atom stereocenters. The Kier molecular flexibility index (Phi) is 5.02. The minimum atomic E-state index is -0.461. The van der Waals surface area contributed by atoms with Gasteiger partial charge in [0, 0.05) is 29.6 Å². The smallest absolute Gasteiger partial charge is 0.246 e. The van der Waals surface area contributed by atoms with Crippen LogP contribution in [-0.2, 0) is 16.0 Å². The number of aromatic nitrogens is 1. The fourth-order valence-electron chi connectivity index (χ4n) is 5.07. The molecule has 1 aromatic heterocycles. The Morgan fingerprint density at radius 3 is 2.55 bits per heavy atom. The third-order valence-corrected chi connectivity index (χ3v) is 6.49. The van der Waals surface area contributed by atoms with Gasteiger partial charge in [0.1, 0.15) is 6.04 Å². The number of hydrogen-bond acceptors (Lipinski definition) is 3. The van der Waals surface area contributed by atoms with E-state index in [0.29, 0.717) is 13.0 Å². The van der Waals surface area contributed by atoms with Crippen LogP contribution in [-0.4, -0.2) is 71.3 Å². The minimum absolute atomic E-state index is 0.0209. The van der Waals surface area contributed by atoms with E-state index >= 15 is 0 Å². The predicted molar refractivity (Wildman–Crippen MR) is 121 cm³/mol. The molecule has 0 radical (unpaired) electrons. The number of benzene rings is 2. The molecular weight excluding hydrogens is 388 g/mol. The number of H-pyrrole nitrogens is 1. The number of fused-ring (bicyclic) bond motifs is 4. The van der Waals surface area contributed by atoms with Gasteiger partial charge in [-0.2, -0.15) is 0 Å². The van der Waals surface area contributed by atoms with Gasteiger partial charge in [0.15, 0.2) is 0 Å². The summed E-state index contributed by atoms with van der Waals surface area (Å²) in [6.07, 6.45) is 1.41. The van der Waals surface area contributed by atoms with Crippen LogP contribution in [0.5, 0.6) is 0 Å². The van der Waals surface area contributed by atoms with E-state index in [2.05, 4.69) is 22.0 Å². The molecule has 3 heterocycles. The van der Waals surface area contributed by atoms with Crippen molar-refractivity contribution in [3.63, 3.8) is 0 Å². The molecule has 0 spiro atoms. The lowest BCUT2D eigenvalue weighted by atomic mass is 9.86. The Bertz CT molecular complexity index is 1120. The number of nitrogens with one attached hydrogen (secondary N) is 1. The number of nitrogens with zero attached hydrogens (tertiary/aromatic N) is 3. The molecule has 2 unspecified atom stereocenters. The monoisotopic (exact) mass is 416 g/mol. The maximum Gasteiger partial charge on any atom is 0.246 e. The van der Waals surface area contributed by atoms with Crippen molar-refractivity contribution in [1.29, 1.82) is 0 Å². The number of piperazine rings is 1. The van der Waals surface area contributed by atoms with Crippen LogP contribution in [0.1, 0.15) is 29.3 Å². The number of amides is 2. The highest BCUT2D eigenvalue weighted by molar-refractivity contribution is 5.97. The first-order valence-electron chi connectivity index (χ1n) is 10.9. The van der Waals surface area contributed by atoms with Gasteiger partial charge in [-0.3, -0.25) is 9.59 Å². The molecule has 2 aliphatic heterocycles. The molecule has 0 saturated carbocycles. The molecule has 2 aromatic carbocycles. The summed E-state index contributed by atoms with van der Waals surface area (Å²) in [5, 5.41) is 1.14. The Labute approximate surface area is 182 Å². The number of aromatic amines is 1. The Morgan fingerprint density at radius 1 is 1.03 bits per heavy atom. The lowest BCUT2D eigenvalue weighted by Gasteiger charge is -2.47. The van der Waals surface area contributed by atoms with Crippen molar-refractivity contribution in [2.75, 3.05) is 33.7 Å². The molecule has 160 valence electrons. The third kappa shape index (κ3) is 3.41. The van der Waals surface area contributed by atoms with Crippen molar-refractivity contribution in [2.45, 2.75) is 24.9 Å². The average Bonchev–Trinajstić information content (AvgIpc) is 3.14. The largest absolute Gasteiger partial charge is 0.356 e. The molecule has 31 heavy (non-hydrogen) atoms. The van der Waals surface area contributed by atoms with Crippen LogP contribution >= 0.6 is 0 Å². The highest BCUT2D eigenvalue weighted by Gasteiger charge is 2.47. The molecule has 0 aliphatic carbocycles. The number of carbonyl (C=O) groups excluding carboxylic acids is 2.